The molecule has 1 saturated heterocycles. The van der Waals surface area contributed by atoms with Gasteiger partial charge in [-0.15, -0.1) is 0 Å². The van der Waals surface area contributed by atoms with Crippen molar-refractivity contribution in [2.75, 3.05) is 46.3 Å². The van der Waals surface area contributed by atoms with Gasteiger partial charge in [-0.05, 0) is 54.1 Å². The number of aromatic nitrogens is 1. The highest BCUT2D eigenvalue weighted by atomic mass is 16.2. The summed E-state index contributed by atoms with van der Waals surface area (Å²) >= 11 is 0. The second-order valence-electron chi connectivity index (χ2n) is 10.6. The molecule has 3 aromatic rings. The second kappa shape index (κ2) is 14.0. The first-order chi connectivity index (χ1) is 18.5. The fourth-order valence-corrected chi connectivity index (χ4v) is 5.08. The lowest BCUT2D eigenvalue weighted by atomic mass is 9.96. The lowest BCUT2D eigenvalue weighted by molar-refractivity contribution is -0.124. The Kier molecular flexibility index (Phi) is 10.2. The van der Waals surface area contributed by atoms with E-state index in [0.29, 0.717) is 12.0 Å². The molecule has 0 aliphatic carbocycles. The smallest absolute Gasteiger partial charge is 0.246 e. The van der Waals surface area contributed by atoms with Gasteiger partial charge in [-0.25, -0.2) is 0 Å². The molecule has 38 heavy (non-hydrogen) atoms. The lowest BCUT2D eigenvalue weighted by Crippen LogP contribution is -2.48. The van der Waals surface area contributed by atoms with Crippen LogP contribution in [0.3, 0.4) is 0 Å². The summed E-state index contributed by atoms with van der Waals surface area (Å²) in [6, 6.07) is 26.1. The van der Waals surface area contributed by atoms with Gasteiger partial charge in [0.15, 0.2) is 0 Å². The molecule has 0 N–H and O–H groups in total. The van der Waals surface area contributed by atoms with Crippen LogP contribution in [0.2, 0.25) is 0 Å². The Bertz CT molecular complexity index is 1100. The molecule has 0 bridgehead atoms. The van der Waals surface area contributed by atoms with Gasteiger partial charge in [-0.2, -0.15) is 0 Å². The van der Waals surface area contributed by atoms with Gasteiger partial charge in [0.2, 0.25) is 5.91 Å². The molecule has 0 atom stereocenters. The van der Waals surface area contributed by atoms with Crippen LogP contribution in [0.1, 0.15) is 61.0 Å². The van der Waals surface area contributed by atoms with Gasteiger partial charge in [-0.1, -0.05) is 80.6 Å². The zero-order valence-corrected chi connectivity index (χ0v) is 23.2. The van der Waals surface area contributed by atoms with Gasteiger partial charge < -0.3 is 9.80 Å². The van der Waals surface area contributed by atoms with E-state index < -0.39 is 0 Å². The molecule has 4 rings (SSSR count). The summed E-state index contributed by atoms with van der Waals surface area (Å²) in [6.07, 6.45) is 7.45. The van der Waals surface area contributed by atoms with E-state index in [1.54, 1.807) is 6.08 Å². The Labute approximate surface area is 228 Å². The quantitative estimate of drug-likeness (QED) is 0.239. The minimum absolute atomic E-state index is 0.0411. The lowest BCUT2D eigenvalue weighted by Gasteiger charge is -2.40. The molecule has 1 aliphatic heterocycles. The van der Waals surface area contributed by atoms with Crippen molar-refractivity contribution >= 4 is 12.0 Å². The molecular weight excluding hydrogens is 468 g/mol. The number of benzene rings is 2. The largest absolute Gasteiger partial charge is 0.342 e. The maximum Gasteiger partial charge on any atom is 0.246 e. The van der Waals surface area contributed by atoms with Gasteiger partial charge in [0.1, 0.15) is 0 Å². The number of rotatable bonds is 11. The van der Waals surface area contributed by atoms with Crippen molar-refractivity contribution in [2.24, 2.45) is 0 Å². The third-order valence-electron chi connectivity index (χ3n) is 7.42. The van der Waals surface area contributed by atoms with Crippen LogP contribution in [0.5, 0.6) is 0 Å². The molecule has 5 heteroatoms. The predicted octanol–water partition coefficient (Wildman–Crippen LogP) is 5.86. The summed E-state index contributed by atoms with van der Waals surface area (Å²) in [7, 11) is 1.89. The molecule has 2 heterocycles. The SMILES string of the molecule is CC(C)c1ccc(/C=C/C(=O)N(C)CCCCN2CCN(C(c3ccccc3)c3ccccc3)CC2)cn1. The number of piperazine rings is 1. The molecule has 5 nitrogen and oxygen atoms in total. The number of carbonyl (C=O) groups excluding carboxylic acids is 1. The normalized spacial score (nSPS) is 15.0. The zero-order valence-electron chi connectivity index (χ0n) is 23.2. The number of nitrogens with zero attached hydrogens (tertiary/aromatic N) is 4. The highest BCUT2D eigenvalue weighted by Gasteiger charge is 2.26. The summed E-state index contributed by atoms with van der Waals surface area (Å²) in [5.74, 6) is 0.449. The Morgan fingerprint density at radius 3 is 2.08 bits per heavy atom. The van der Waals surface area contributed by atoms with Crippen LogP contribution in [0.15, 0.2) is 85.1 Å². The van der Waals surface area contributed by atoms with Crippen molar-refractivity contribution in [2.45, 2.75) is 38.6 Å². The molecule has 1 amide bonds. The van der Waals surface area contributed by atoms with E-state index >= 15 is 0 Å². The van der Waals surface area contributed by atoms with E-state index in [1.807, 2.05) is 36.4 Å². The van der Waals surface area contributed by atoms with Crippen LogP contribution in [-0.4, -0.2) is 71.9 Å². The summed E-state index contributed by atoms with van der Waals surface area (Å²) in [6.45, 7) is 10.4. The molecular formula is C33H42N4O. The number of likely N-dealkylation sites (N-methyl/N-ethyl adjacent to an activating group) is 1. The first kappa shape index (κ1) is 27.7. The third kappa shape index (κ3) is 7.86. The van der Waals surface area contributed by atoms with Gasteiger partial charge in [-0.3, -0.25) is 14.7 Å². The van der Waals surface area contributed by atoms with Crippen molar-refractivity contribution in [1.82, 2.24) is 19.7 Å². The molecule has 0 radical (unpaired) electrons. The minimum Gasteiger partial charge on any atom is -0.342 e. The van der Waals surface area contributed by atoms with Crippen LogP contribution in [0, 0.1) is 0 Å². The summed E-state index contributed by atoms with van der Waals surface area (Å²) in [4.78, 5) is 24.0. The van der Waals surface area contributed by atoms with Gasteiger partial charge in [0, 0.05) is 57.7 Å². The van der Waals surface area contributed by atoms with E-state index in [9.17, 15) is 4.79 Å². The second-order valence-corrected chi connectivity index (χ2v) is 10.6. The fraction of sp³-hybridized carbons (Fsp3) is 0.394. The molecule has 2 aromatic carbocycles. The van der Waals surface area contributed by atoms with Crippen molar-refractivity contribution in [1.29, 1.82) is 0 Å². The van der Waals surface area contributed by atoms with Crippen molar-refractivity contribution in [3.63, 3.8) is 0 Å². The van der Waals surface area contributed by atoms with Gasteiger partial charge in [0.05, 0.1) is 6.04 Å². The topological polar surface area (TPSA) is 39.7 Å². The number of amides is 1. The van der Waals surface area contributed by atoms with Crippen LogP contribution >= 0.6 is 0 Å². The summed E-state index contributed by atoms with van der Waals surface area (Å²) in [5, 5.41) is 0. The highest BCUT2D eigenvalue weighted by molar-refractivity contribution is 5.91. The van der Waals surface area contributed by atoms with Crippen LogP contribution in [0.25, 0.3) is 6.08 Å². The number of carbonyl (C=O) groups is 1. The summed E-state index contributed by atoms with van der Waals surface area (Å²) < 4.78 is 0. The van der Waals surface area contributed by atoms with Crippen LogP contribution in [-0.2, 0) is 4.79 Å². The van der Waals surface area contributed by atoms with Crippen LogP contribution in [0.4, 0.5) is 0 Å². The monoisotopic (exact) mass is 510 g/mol. The van der Waals surface area contributed by atoms with Gasteiger partial charge in [0.25, 0.3) is 0 Å². The number of unbranched alkanes of at least 4 members (excludes halogenated alkanes) is 1. The van der Waals surface area contributed by atoms with E-state index in [0.717, 1.165) is 63.4 Å². The Balaban J connectivity index is 1.19. The average Bonchev–Trinajstić information content (AvgIpc) is 2.96. The molecule has 200 valence electrons. The molecule has 1 aliphatic rings. The average molecular weight is 511 g/mol. The van der Waals surface area contributed by atoms with E-state index in [4.69, 9.17) is 0 Å². The Hall–Kier alpha value is -3.28. The number of hydrogen-bond acceptors (Lipinski definition) is 4. The maximum atomic E-state index is 12.5. The molecule has 1 fully saturated rings. The van der Waals surface area contributed by atoms with Crippen molar-refractivity contribution in [3.8, 4) is 0 Å². The first-order valence-corrected chi connectivity index (χ1v) is 14.0. The standard InChI is InChI=1S/C33H42N4O/c1-27(2)31-18-16-28(26-34-31)17-19-32(38)35(3)20-10-11-21-36-22-24-37(25-23-36)33(29-12-6-4-7-13-29)30-14-8-5-9-15-30/h4-9,12-19,26-27,33H,10-11,20-25H2,1-3H3/b19-17+. The minimum atomic E-state index is 0.0411. The van der Waals surface area contributed by atoms with Crippen LogP contribution < -0.4 is 0 Å². The Morgan fingerprint density at radius 1 is 0.895 bits per heavy atom. The predicted molar refractivity (Wildman–Crippen MR) is 157 cm³/mol. The van der Waals surface area contributed by atoms with E-state index in [-0.39, 0.29) is 5.91 Å². The number of hydrogen-bond donors (Lipinski definition) is 0. The molecule has 1 aromatic heterocycles. The zero-order chi connectivity index (χ0) is 26.7. The first-order valence-electron chi connectivity index (χ1n) is 14.0. The van der Waals surface area contributed by atoms with Crippen molar-refractivity contribution < 1.29 is 4.79 Å². The maximum absolute atomic E-state index is 12.5. The van der Waals surface area contributed by atoms with E-state index in [2.05, 4.69) is 89.3 Å². The number of pyridine rings is 1. The van der Waals surface area contributed by atoms with Gasteiger partial charge >= 0.3 is 0 Å². The van der Waals surface area contributed by atoms with Crippen molar-refractivity contribution in [3.05, 3.63) is 107 Å². The molecule has 0 unspecified atom stereocenters. The van der Waals surface area contributed by atoms with E-state index in [1.165, 1.54) is 11.1 Å². The fourth-order valence-electron chi connectivity index (χ4n) is 5.08. The Morgan fingerprint density at radius 2 is 1.53 bits per heavy atom. The molecule has 0 saturated carbocycles. The highest BCUT2D eigenvalue weighted by Crippen LogP contribution is 2.29. The summed E-state index contributed by atoms with van der Waals surface area (Å²) in [5.41, 5.74) is 4.74. The molecule has 0 spiro atoms. The third-order valence-corrected chi connectivity index (χ3v) is 7.42.